The molecule has 0 unspecified atom stereocenters. The minimum atomic E-state index is -0.0185. The van der Waals surface area contributed by atoms with Crippen LogP contribution in [0.15, 0.2) is 0 Å². The van der Waals surface area contributed by atoms with Gasteiger partial charge in [-0.2, -0.15) is 0 Å². The summed E-state index contributed by atoms with van der Waals surface area (Å²) in [7, 11) is 0. The van der Waals surface area contributed by atoms with E-state index in [2.05, 4.69) is 10.3 Å². The summed E-state index contributed by atoms with van der Waals surface area (Å²) in [6, 6.07) is 0. The highest BCUT2D eigenvalue weighted by atomic mass is 35.5. The van der Waals surface area contributed by atoms with Gasteiger partial charge < -0.3 is 0 Å². The second-order valence-electron chi connectivity index (χ2n) is 1.12. The van der Waals surface area contributed by atoms with Gasteiger partial charge in [-0.15, -0.1) is 12.4 Å². The zero-order valence-electron chi connectivity index (χ0n) is 3.64. The van der Waals surface area contributed by atoms with Crippen molar-refractivity contribution in [3.05, 3.63) is 0 Å². The van der Waals surface area contributed by atoms with Crippen molar-refractivity contribution in [2.45, 2.75) is 6.42 Å². The first-order valence-corrected chi connectivity index (χ1v) is 1.80. The van der Waals surface area contributed by atoms with Gasteiger partial charge in [0.25, 0.3) is 0 Å². The van der Waals surface area contributed by atoms with Crippen molar-refractivity contribution in [1.82, 2.24) is 5.48 Å². The quantitative estimate of drug-likeness (QED) is 0.487. The van der Waals surface area contributed by atoms with Crippen LogP contribution in [0.3, 0.4) is 0 Å². The minimum Gasteiger partial charge on any atom is -0.273 e. The minimum absolute atomic E-state index is 0. The maximum absolute atomic E-state index is 10.0. The third kappa shape index (κ3) is 1.75. The Morgan fingerprint density at radius 2 is 2.43 bits per heavy atom. The van der Waals surface area contributed by atoms with Crippen molar-refractivity contribution in [2.75, 3.05) is 6.61 Å². The highest BCUT2D eigenvalue weighted by Crippen LogP contribution is 1.87. The van der Waals surface area contributed by atoms with Gasteiger partial charge in [-0.1, -0.05) is 0 Å². The van der Waals surface area contributed by atoms with Gasteiger partial charge in [0.15, 0.2) is 0 Å². The van der Waals surface area contributed by atoms with Gasteiger partial charge in [-0.05, 0) is 0 Å². The number of amides is 1. The summed E-state index contributed by atoms with van der Waals surface area (Å²) in [6.45, 7) is 0.527. The van der Waals surface area contributed by atoms with Crippen molar-refractivity contribution in [2.24, 2.45) is 0 Å². The number of nitrogens with one attached hydrogen (secondary N) is 1. The molecule has 0 saturated carbocycles. The van der Waals surface area contributed by atoms with E-state index in [4.69, 9.17) is 0 Å². The fourth-order valence-corrected chi connectivity index (χ4v) is 0.326. The monoisotopic (exact) mass is 123 g/mol. The first-order valence-electron chi connectivity index (χ1n) is 1.80. The van der Waals surface area contributed by atoms with E-state index in [0.29, 0.717) is 13.0 Å². The summed E-state index contributed by atoms with van der Waals surface area (Å²) in [5.74, 6) is -0.0185. The van der Waals surface area contributed by atoms with Crippen LogP contribution in [0.25, 0.3) is 0 Å². The van der Waals surface area contributed by atoms with Crippen LogP contribution in [0.2, 0.25) is 0 Å². The van der Waals surface area contributed by atoms with E-state index in [1.807, 2.05) is 0 Å². The number of hydroxylamine groups is 1. The molecule has 0 aliphatic carbocycles. The first-order chi connectivity index (χ1) is 2.89. The smallest absolute Gasteiger partial charge is 0.245 e. The number of carbonyl (C=O) groups excluding carboxylic acids is 1. The van der Waals surface area contributed by atoms with Crippen LogP contribution in [0.4, 0.5) is 0 Å². The van der Waals surface area contributed by atoms with Crippen molar-refractivity contribution >= 4 is 18.3 Å². The molecule has 7 heavy (non-hydrogen) atoms. The lowest BCUT2D eigenvalue weighted by atomic mass is 10.5. The number of halogens is 1. The Morgan fingerprint density at radius 1 is 1.71 bits per heavy atom. The van der Waals surface area contributed by atoms with Gasteiger partial charge in [0.05, 0.1) is 13.0 Å². The maximum Gasteiger partial charge on any atom is 0.245 e. The van der Waals surface area contributed by atoms with Crippen molar-refractivity contribution < 1.29 is 9.63 Å². The van der Waals surface area contributed by atoms with E-state index in [0.717, 1.165) is 0 Å². The SMILES string of the molecule is Cl.O=C1CCON1. The van der Waals surface area contributed by atoms with E-state index in [1.54, 1.807) is 0 Å². The molecule has 0 atom stereocenters. The summed E-state index contributed by atoms with van der Waals surface area (Å²) < 4.78 is 0. The van der Waals surface area contributed by atoms with Crippen LogP contribution < -0.4 is 5.48 Å². The van der Waals surface area contributed by atoms with Crippen LogP contribution in [0.5, 0.6) is 0 Å². The van der Waals surface area contributed by atoms with Crippen LogP contribution >= 0.6 is 12.4 Å². The van der Waals surface area contributed by atoms with Crippen molar-refractivity contribution in [1.29, 1.82) is 0 Å². The van der Waals surface area contributed by atoms with Gasteiger partial charge in [0.1, 0.15) is 0 Å². The third-order valence-corrected chi connectivity index (χ3v) is 0.617. The average Bonchev–Trinajstić information content (AvgIpc) is 1.86. The first kappa shape index (κ1) is 6.72. The van der Waals surface area contributed by atoms with E-state index < -0.39 is 0 Å². The molecule has 1 rings (SSSR count). The normalized spacial score (nSPS) is 18.0. The Hall–Kier alpha value is -0.280. The largest absolute Gasteiger partial charge is 0.273 e. The van der Waals surface area contributed by atoms with Gasteiger partial charge in [-0.3, -0.25) is 9.63 Å². The van der Waals surface area contributed by atoms with Gasteiger partial charge in [-0.25, -0.2) is 5.48 Å². The Kier molecular flexibility index (Phi) is 2.71. The molecule has 3 nitrogen and oxygen atoms in total. The Balaban J connectivity index is 0.000000360. The predicted molar refractivity (Wildman–Crippen MR) is 26.0 cm³/mol. The number of carbonyl (C=O) groups is 1. The molecule has 42 valence electrons. The molecule has 1 fully saturated rings. The fraction of sp³-hybridized carbons (Fsp3) is 0.667. The predicted octanol–water partition coefficient (Wildman–Crippen LogP) is -0.140. The van der Waals surface area contributed by atoms with Crippen LogP contribution in [-0.2, 0) is 9.63 Å². The van der Waals surface area contributed by atoms with Crippen molar-refractivity contribution in [3.8, 4) is 0 Å². The molecule has 0 radical (unpaired) electrons. The molecule has 0 bridgehead atoms. The molecule has 1 N–H and O–H groups in total. The summed E-state index contributed by atoms with van der Waals surface area (Å²) in [4.78, 5) is 14.5. The molecule has 0 aromatic rings. The zero-order chi connectivity index (χ0) is 4.41. The molecule has 0 aromatic heterocycles. The molecule has 4 heteroatoms. The van der Waals surface area contributed by atoms with Crippen LogP contribution in [-0.4, -0.2) is 12.5 Å². The molecule has 1 aliphatic heterocycles. The number of hydrogen-bond acceptors (Lipinski definition) is 2. The second kappa shape index (κ2) is 2.82. The molecule has 0 spiro atoms. The van der Waals surface area contributed by atoms with E-state index in [-0.39, 0.29) is 18.3 Å². The molecule has 1 amide bonds. The lowest BCUT2D eigenvalue weighted by Crippen LogP contribution is -2.10. The molecule has 1 heterocycles. The topological polar surface area (TPSA) is 38.3 Å². The second-order valence-corrected chi connectivity index (χ2v) is 1.12. The summed E-state index contributed by atoms with van der Waals surface area (Å²) in [6.07, 6.45) is 0.514. The summed E-state index contributed by atoms with van der Waals surface area (Å²) in [5, 5.41) is 0. The molecular formula is C3H6ClNO2. The Labute approximate surface area is 47.4 Å². The maximum atomic E-state index is 10.0. The summed E-state index contributed by atoms with van der Waals surface area (Å²) >= 11 is 0. The lowest BCUT2D eigenvalue weighted by molar-refractivity contribution is -0.124. The van der Waals surface area contributed by atoms with Gasteiger partial charge >= 0.3 is 0 Å². The fourth-order valence-electron chi connectivity index (χ4n) is 0.326. The highest BCUT2D eigenvalue weighted by Gasteiger charge is 2.06. The number of hydrogen-bond donors (Lipinski definition) is 1. The van der Waals surface area contributed by atoms with E-state index in [1.165, 1.54) is 0 Å². The van der Waals surface area contributed by atoms with E-state index in [9.17, 15) is 4.79 Å². The Morgan fingerprint density at radius 3 is 2.57 bits per heavy atom. The zero-order valence-corrected chi connectivity index (χ0v) is 4.46. The van der Waals surface area contributed by atoms with Crippen LogP contribution in [0.1, 0.15) is 6.42 Å². The Bertz CT molecular complexity index is 67.3. The van der Waals surface area contributed by atoms with E-state index >= 15 is 0 Å². The van der Waals surface area contributed by atoms with Crippen molar-refractivity contribution in [3.63, 3.8) is 0 Å². The number of rotatable bonds is 0. The van der Waals surface area contributed by atoms with Crippen LogP contribution in [0, 0.1) is 0 Å². The lowest BCUT2D eigenvalue weighted by Gasteiger charge is -1.81. The van der Waals surface area contributed by atoms with Gasteiger partial charge in [0, 0.05) is 0 Å². The third-order valence-electron chi connectivity index (χ3n) is 0.617. The molecule has 0 aromatic carbocycles. The average molecular weight is 124 g/mol. The summed E-state index contributed by atoms with van der Waals surface area (Å²) in [5.41, 5.74) is 2.18. The molecular weight excluding hydrogens is 117 g/mol. The van der Waals surface area contributed by atoms with Gasteiger partial charge in [0.2, 0.25) is 5.91 Å². The highest BCUT2D eigenvalue weighted by molar-refractivity contribution is 5.85. The molecule has 1 saturated heterocycles. The standard InChI is InChI=1S/C3H5NO2.ClH/c5-3-1-2-6-4-3;/h1-2H2,(H,4,5);1H. The molecule has 1 aliphatic rings.